The third kappa shape index (κ3) is 2.71. The maximum Gasteiger partial charge on any atom is 0.213 e. The average Bonchev–Trinajstić information content (AvgIpc) is 2.68. The molecule has 0 N–H and O–H groups in total. The summed E-state index contributed by atoms with van der Waals surface area (Å²) in [6, 6.07) is 34.8. The minimum absolute atomic E-state index is 0. The summed E-state index contributed by atoms with van der Waals surface area (Å²) in [4.78, 5) is 0. The normalized spacial score (nSPS) is 10.9. The summed E-state index contributed by atoms with van der Waals surface area (Å²) in [5.41, 5.74) is 3.90. The molecule has 0 saturated heterocycles. The van der Waals surface area contributed by atoms with E-state index in [4.69, 9.17) is 0 Å². The van der Waals surface area contributed by atoms with Crippen LogP contribution >= 0.6 is 0 Å². The summed E-state index contributed by atoms with van der Waals surface area (Å²) < 4.78 is 2.44. The summed E-state index contributed by atoms with van der Waals surface area (Å²) >= 11 is 0. The van der Waals surface area contributed by atoms with Crippen molar-refractivity contribution in [2.75, 3.05) is 0 Å². The van der Waals surface area contributed by atoms with Crippen LogP contribution in [0.15, 0.2) is 97.1 Å². The minimum atomic E-state index is 0. The molecule has 0 aliphatic heterocycles. The number of nitrogens with zero attached hydrogens (tertiary/aromatic N) is 1. The smallest absolute Gasteiger partial charge is 0.213 e. The van der Waals surface area contributed by atoms with Crippen molar-refractivity contribution in [2.45, 2.75) is 6.54 Å². The van der Waals surface area contributed by atoms with Crippen molar-refractivity contribution >= 4 is 32.6 Å². The first-order valence-corrected chi connectivity index (χ1v) is 8.67. The first kappa shape index (κ1) is 16.6. The van der Waals surface area contributed by atoms with Gasteiger partial charge in [-0.25, -0.2) is 0 Å². The van der Waals surface area contributed by atoms with Gasteiger partial charge in [-0.05, 0) is 29.0 Å². The number of benzene rings is 4. The first-order chi connectivity index (χ1) is 12.4. The lowest BCUT2D eigenvalue weighted by atomic mass is 10.0. The number of aromatic nitrogens is 1. The maximum atomic E-state index is 2.44. The van der Waals surface area contributed by atoms with E-state index in [1.54, 1.807) is 0 Å². The molecule has 26 heavy (non-hydrogen) atoms. The number of halogens is 1. The molecule has 1 nitrogen and oxygen atoms in total. The SMILES string of the molecule is [Cl-].c1ccc2c(C[n+]3c4ccccc4cc4ccccc43)cccc2c1. The van der Waals surface area contributed by atoms with Gasteiger partial charge in [0.15, 0.2) is 6.54 Å². The fourth-order valence-electron chi connectivity index (χ4n) is 3.78. The molecule has 0 radical (unpaired) electrons. The fourth-order valence-corrected chi connectivity index (χ4v) is 3.78. The van der Waals surface area contributed by atoms with Crippen molar-refractivity contribution in [3.05, 3.63) is 103 Å². The van der Waals surface area contributed by atoms with Gasteiger partial charge in [0.2, 0.25) is 11.0 Å². The van der Waals surface area contributed by atoms with Crippen LogP contribution in [0.25, 0.3) is 32.6 Å². The van der Waals surface area contributed by atoms with Crippen molar-refractivity contribution in [1.82, 2.24) is 0 Å². The lowest BCUT2D eigenvalue weighted by molar-refractivity contribution is -0.635. The molecule has 1 aromatic heterocycles. The standard InChI is InChI=1S/C24H18N.ClH/c1-4-13-22-18(8-1)11-7-12-21(22)17-25-23-14-5-2-9-19(23)16-20-10-3-6-15-24(20)25;/h1-16H,17H2;1H/q+1;/p-1. The van der Waals surface area contributed by atoms with Crippen LogP contribution in [0.5, 0.6) is 0 Å². The summed E-state index contributed by atoms with van der Waals surface area (Å²) in [5.74, 6) is 0. The predicted molar refractivity (Wildman–Crippen MR) is 105 cm³/mol. The van der Waals surface area contributed by atoms with E-state index in [0.29, 0.717) is 0 Å². The second-order valence-electron chi connectivity index (χ2n) is 6.49. The molecule has 0 unspecified atom stereocenters. The fraction of sp³-hybridized carbons (Fsp3) is 0.0417. The Morgan fingerprint density at radius 2 is 1.08 bits per heavy atom. The number of fused-ring (bicyclic) bond motifs is 3. The highest BCUT2D eigenvalue weighted by Gasteiger charge is 2.16. The topological polar surface area (TPSA) is 3.88 Å². The van der Waals surface area contributed by atoms with Crippen LogP contribution in [0, 0.1) is 0 Å². The molecule has 0 amide bonds. The van der Waals surface area contributed by atoms with Crippen LogP contribution in [0.4, 0.5) is 0 Å². The van der Waals surface area contributed by atoms with E-state index in [1.807, 2.05) is 0 Å². The van der Waals surface area contributed by atoms with Gasteiger partial charge < -0.3 is 12.4 Å². The van der Waals surface area contributed by atoms with E-state index < -0.39 is 0 Å². The zero-order chi connectivity index (χ0) is 16.6. The van der Waals surface area contributed by atoms with E-state index >= 15 is 0 Å². The predicted octanol–water partition coefficient (Wildman–Crippen LogP) is 2.49. The molecule has 5 aromatic rings. The van der Waals surface area contributed by atoms with E-state index in [-0.39, 0.29) is 12.4 Å². The Morgan fingerprint density at radius 1 is 0.538 bits per heavy atom. The maximum absolute atomic E-state index is 2.44. The second-order valence-corrected chi connectivity index (χ2v) is 6.49. The van der Waals surface area contributed by atoms with Crippen LogP contribution in [0.2, 0.25) is 0 Å². The van der Waals surface area contributed by atoms with Gasteiger partial charge in [0.05, 0.1) is 0 Å². The summed E-state index contributed by atoms with van der Waals surface area (Å²) in [7, 11) is 0. The molecule has 0 spiro atoms. The van der Waals surface area contributed by atoms with Gasteiger partial charge >= 0.3 is 0 Å². The van der Waals surface area contributed by atoms with Gasteiger partial charge in [-0.2, -0.15) is 4.57 Å². The largest absolute Gasteiger partial charge is 1.00 e. The van der Waals surface area contributed by atoms with Crippen molar-refractivity contribution in [3.63, 3.8) is 0 Å². The summed E-state index contributed by atoms with van der Waals surface area (Å²) in [6.45, 7) is 0.864. The zero-order valence-electron chi connectivity index (χ0n) is 14.3. The average molecular weight is 356 g/mol. The molecule has 4 aromatic carbocycles. The minimum Gasteiger partial charge on any atom is -1.00 e. The summed E-state index contributed by atoms with van der Waals surface area (Å²) in [6.07, 6.45) is 0. The van der Waals surface area contributed by atoms with E-state index in [9.17, 15) is 0 Å². The number of hydrogen-bond donors (Lipinski definition) is 0. The van der Waals surface area contributed by atoms with Gasteiger partial charge in [0.1, 0.15) is 0 Å². The molecular formula is C24H18ClN. The molecule has 5 rings (SSSR count). The Kier molecular flexibility index (Phi) is 4.32. The van der Waals surface area contributed by atoms with Crippen molar-refractivity contribution in [1.29, 1.82) is 0 Å². The van der Waals surface area contributed by atoms with E-state index in [2.05, 4.69) is 102 Å². The van der Waals surface area contributed by atoms with Crippen molar-refractivity contribution in [3.8, 4) is 0 Å². The molecule has 126 valence electrons. The lowest BCUT2D eigenvalue weighted by Gasteiger charge is -2.08. The highest BCUT2D eigenvalue weighted by Crippen LogP contribution is 2.22. The monoisotopic (exact) mass is 355 g/mol. The van der Waals surface area contributed by atoms with E-state index in [0.717, 1.165) is 6.54 Å². The van der Waals surface area contributed by atoms with Crippen LogP contribution in [-0.2, 0) is 6.54 Å². The number of pyridine rings is 1. The highest BCUT2D eigenvalue weighted by molar-refractivity contribution is 5.89. The van der Waals surface area contributed by atoms with Crippen LogP contribution < -0.4 is 17.0 Å². The number of hydrogen-bond acceptors (Lipinski definition) is 0. The van der Waals surface area contributed by atoms with Gasteiger partial charge in [-0.1, -0.05) is 66.7 Å². The third-order valence-electron chi connectivity index (χ3n) is 4.97. The van der Waals surface area contributed by atoms with Crippen molar-refractivity contribution in [2.24, 2.45) is 0 Å². The van der Waals surface area contributed by atoms with Crippen LogP contribution in [0.3, 0.4) is 0 Å². The Bertz CT molecular complexity index is 1170. The molecule has 2 heteroatoms. The molecule has 0 atom stereocenters. The molecule has 0 aliphatic carbocycles. The molecule has 0 aliphatic rings. The highest BCUT2D eigenvalue weighted by atomic mass is 35.5. The quantitative estimate of drug-likeness (QED) is 0.338. The summed E-state index contributed by atoms with van der Waals surface area (Å²) in [5, 5.41) is 5.18. The molecule has 0 bridgehead atoms. The van der Waals surface area contributed by atoms with Gasteiger partial charge in [0.25, 0.3) is 0 Å². The van der Waals surface area contributed by atoms with Crippen molar-refractivity contribution < 1.29 is 17.0 Å². The lowest BCUT2D eigenvalue weighted by Crippen LogP contribution is -3.00. The Balaban J connectivity index is 0.00000168. The molecular weight excluding hydrogens is 338 g/mol. The zero-order valence-corrected chi connectivity index (χ0v) is 15.0. The van der Waals surface area contributed by atoms with Crippen LogP contribution in [-0.4, -0.2) is 0 Å². The second kappa shape index (κ2) is 6.78. The van der Waals surface area contributed by atoms with Gasteiger partial charge in [0, 0.05) is 28.5 Å². The van der Waals surface area contributed by atoms with Gasteiger partial charge in [-0.3, -0.25) is 0 Å². The Morgan fingerprint density at radius 3 is 1.77 bits per heavy atom. The Hall–Kier alpha value is -2.90. The molecule has 0 fully saturated rings. The Labute approximate surface area is 158 Å². The van der Waals surface area contributed by atoms with Crippen LogP contribution in [0.1, 0.15) is 5.56 Å². The number of para-hydroxylation sites is 2. The molecule has 0 saturated carbocycles. The van der Waals surface area contributed by atoms with Gasteiger partial charge in [-0.15, -0.1) is 0 Å². The molecule has 1 heterocycles. The number of rotatable bonds is 2. The first-order valence-electron chi connectivity index (χ1n) is 8.67. The van der Waals surface area contributed by atoms with E-state index in [1.165, 1.54) is 38.1 Å². The third-order valence-corrected chi connectivity index (χ3v) is 4.97.